The van der Waals surface area contributed by atoms with Crippen LogP contribution in [-0.2, 0) is 9.59 Å². The number of benzene rings is 2. The molecule has 2 aromatic carbocycles. The minimum absolute atomic E-state index is 0.128. The maximum atomic E-state index is 12.0. The van der Waals surface area contributed by atoms with E-state index in [0.717, 1.165) is 12.1 Å². The molecule has 0 saturated heterocycles. The van der Waals surface area contributed by atoms with Crippen LogP contribution >= 0.6 is 0 Å². The Morgan fingerprint density at radius 2 is 1.17 bits per heavy atom. The summed E-state index contributed by atoms with van der Waals surface area (Å²) in [6.07, 6.45) is -0.875. The van der Waals surface area contributed by atoms with Crippen LogP contribution in [0.3, 0.4) is 0 Å². The molecule has 176 valence electrons. The van der Waals surface area contributed by atoms with Crippen LogP contribution in [0.5, 0.6) is 11.8 Å². The van der Waals surface area contributed by atoms with E-state index >= 15 is 0 Å². The number of carbonyl (C=O) groups is 2. The lowest BCUT2D eigenvalue weighted by atomic mass is 10.2. The number of nitrogens with zero attached hydrogens (tertiary/aromatic N) is 6. The van der Waals surface area contributed by atoms with Crippen LogP contribution in [0, 0.1) is 20.2 Å². The van der Waals surface area contributed by atoms with Gasteiger partial charge in [-0.2, -0.15) is 0 Å². The van der Waals surface area contributed by atoms with Crippen LogP contribution in [0.2, 0.25) is 0 Å². The molecule has 0 saturated carbocycles. The summed E-state index contributed by atoms with van der Waals surface area (Å²) in [4.78, 5) is 49.7. The van der Waals surface area contributed by atoms with Crippen molar-refractivity contribution in [3.63, 3.8) is 0 Å². The molecule has 2 amide bonds. The number of nitro benzene ring substituents is 2. The largest absolute Gasteiger partial charge is 0.493 e. The van der Waals surface area contributed by atoms with Crippen LogP contribution < -0.4 is 0 Å². The number of nitrogens with one attached hydrogen (secondary N) is 2. The van der Waals surface area contributed by atoms with Gasteiger partial charge in [-0.05, 0) is 12.1 Å². The average Bonchev–Trinajstić information content (AvgIpc) is 3.29. The lowest BCUT2D eigenvalue weighted by molar-refractivity contribution is -0.384. The first kappa shape index (κ1) is 22.6. The fourth-order valence-electron chi connectivity index (χ4n) is 3.14. The normalized spacial score (nSPS) is 11.7. The van der Waals surface area contributed by atoms with E-state index < -0.39 is 39.8 Å². The number of non-ortho nitro benzene ring substituents is 2. The Hall–Kier alpha value is -5.54. The molecule has 0 aliphatic rings. The maximum Gasteiger partial charge on any atom is 0.274 e. The Bertz CT molecular complexity index is 1480. The average molecular weight is 480 g/mol. The number of carbonyl (C=O) groups excluding carboxylic acids is 2. The number of azo groups is 2. The summed E-state index contributed by atoms with van der Waals surface area (Å²) in [5.41, 5.74) is -0.425. The second-order valence-electron chi connectivity index (χ2n) is 6.98. The molecule has 35 heavy (non-hydrogen) atoms. The number of hydrogen-bond donors (Lipinski definition) is 4. The number of amides is 2. The van der Waals surface area contributed by atoms with Crippen molar-refractivity contribution in [2.24, 2.45) is 20.5 Å². The van der Waals surface area contributed by atoms with Crippen molar-refractivity contribution in [1.82, 2.24) is 9.97 Å². The summed E-state index contributed by atoms with van der Waals surface area (Å²) in [6.45, 7) is 0. The highest BCUT2D eigenvalue weighted by Crippen LogP contribution is 2.38. The molecule has 0 aliphatic heterocycles. The zero-order valence-electron chi connectivity index (χ0n) is 17.2. The lowest BCUT2D eigenvalue weighted by Crippen LogP contribution is -2.01. The van der Waals surface area contributed by atoms with Gasteiger partial charge in [0, 0.05) is 35.0 Å². The van der Waals surface area contributed by atoms with Crippen LogP contribution in [0.4, 0.5) is 22.7 Å². The fourth-order valence-corrected chi connectivity index (χ4v) is 3.14. The Balaban J connectivity index is 1.50. The van der Waals surface area contributed by atoms with Gasteiger partial charge in [0.05, 0.1) is 20.9 Å². The van der Waals surface area contributed by atoms with Crippen LogP contribution in [0.25, 0.3) is 21.8 Å². The summed E-state index contributed by atoms with van der Waals surface area (Å²) < 4.78 is 0. The van der Waals surface area contributed by atoms with Crippen molar-refractivity contribution in [3.8, 4) is 11.8 Å². The zero-order valence-corrected chi connectivity index (χ0v) is 17.2. The Morgan fingerprint density at radius 1 is 0.771 bits per heavy atom. The number of rotatable bonds is 6. The van der Waals surface area contributed by atoms with Gasteiger partial charge in [0.15, 0.2) is 11.4 Å². The molecule has 0 bridgehead atoms. The van der Waals surface area contributed by atoms with Crippen molar-refractivity contribution in [2.75, 3.05) is 0 Å². The molecular weight excluding hydrogens is 468 g/mol. The van der Waals surface area contributed by atoms with Gasteiger partial charge in [0.1, 0.15) is 6.42 Å². The van der Waals surface area contributed by atoms with Crippen molar-refractivity contribution >= 4 is 56.4 Å². The molecular formula is C19H12N8O8. The van der Waals surface area contributed by atoms with Gasteiger partial charge in [-0.25, -0.2) is 0 Å². The smallest absolute Gasteiger partial charge is 0.274 e. The van der Waals surface area contributed by atoms with E-state index in [1.807, 2.05) is 0 Å². The highest BCUT2D eigenvalue weighted by molar-refractivity contribution is 5.99. The molecule has 4 N–H and O–H groups in total. The molecule has 2 heterocycles. The van der Waals surface area contributed by atoms with Gasteiger partial charge >= 0.3 is 0 Å². The highest BCUT2D eigenvalue weighted by atomic mass is 16.6. The molecule has 0 fully saturated rings. The Kier molecular flexibility index (Phi) is 5.68. The second kappa shape index (κ2) is 8.77. The van der Waals surface area contributed by atoms with Crippen molar-refractivity contribution < 1.29 is 29.6 Å². The summed E-state index contributed by atoms with van der Waals surface area (Å²) in [7, 11) is 0. The van der Waals surface area contributed by atoms with Crippen molar-refractivity contribution in [3.05, 3.63) is 56.6 Å². The van der Waals surface area contributed by atoms with Crippen LogP contribution in [0.15, 0.2) is 56.9 Å². The van der Waals surface area contributed by atoms with Crippen LogP contribution in [-0.4, -0.2) is 41.8 Å². The van der Waals surface area contributed by atoms with Crippen molar-refractivity contribution in [1.29, 1.82) is 0 Å². The predicted molar refractivity (Wildman–Crippen MR) is 117 cm³/mol. The molecule has 16 nitrogen and oxygen atoms in total. The lowest BCUT2D eigenvalue weighted by Gasteiger charge is -1.94. The Labute approximate surface area is 191 Å². The van der Waals surface area contributed by atoms with Gasteiger partial charge in [-0.1, -0.05) is 0 Å². The number of aromatic hydroxyl groups is 2. The summed E-state index contributed by atoms with van der Waals surface area (Å²) in [6, 6.07) is 7.35. The van der Waals surface area contributed by atoms with Crippen molar-refractivity contribution in [2.45, 2.75) is 6.42 Å². The molecule has 4 aromatic rings. The SMILES string of the molecule is O=C(CC(=O)N=Nc1c(O)[nH]c2ccc([N+](=O)[O-])cc12)N=Nc1c(O)[nH]c2ccc([N+](=O)[O-])cc12. The molecule has 16 heteroatoms. The van der Waals surface area contributed by atoms with E-state index in [-0.39, 0.29) is 33.5 Å². The van der Waals surface area contributed by atoms with Gasteiger partial charge in [0.2, 0.25) is 11.8 Å². The number of aromatic nitrogens is 2. The van der Waals surface area contributed by atoms with E-state index in [9.17, 15) is 40.0 Å². The van der Waals surface area contributed by atoms with Crippen LogP contribution in [0.1, 0.15) is 6.42 Å². The summed E-state index contributed by atoms with van der Waals surface area (Å²) >= 11 is 0. The first-order valence-corrected chi connectivity index (χ1v) is 9.51. The van der Waals surface area contributed by atoms with E-state index in [1.54, 1.807) is 0 Å². The van der Waals surface area contributed by atoms with Gasteiger partial charge in [-0.3, -0.25) is 29.8 Å². The quantitative estimate of drug-likeness (QED) is 0.134. The topological polar surface area (TPSA) is 242 Å². The maximum absolute atomic E-state index is 12.0. The number of nitro groups is 2. The molecule has 0 aliphatic carbocycles. The molecule has 2 aromatic heterocycles. The molecule has 4 rings (SSSR count). The van der Waals surface area contributed by atoms with E-state index in [0.29, 0.717) is 11.0 Å². The zero-order chi connectivity index (χ0) is 25.3. The highest BCUT2D eigenvalue weighted by Gasteiger charge is 2.17. The minimum atomic E-state index is -1.06. The Morgan fingerprint density at radius 3 is 1.54 bits per heavy atom. The monoisotopic (exact) mass is 480 g/mol. The minimum Gasteiger partial charge on any atom is -0.493 e. The molecule has 0 spiro atoms. The van der Waals surface area contributed by atoms with Gasteiger partial charge < -0.3 is 20.2 Å². The number of hydrogen-bond acceptors (Lipinski definition) is 10. The standard InChI is InChI=1S/C19H12N8O8/c28-14(22-24-16-10-5-8(26(32)33)1-3-12(10)20-18(16)30)7-15(29)23-25-17-11-6-9(27(34)35)2-4-13(11)21-19(17)31/h1-6,20-21,30-31H,7H2. The number of H-pyrrole nitrogens is 2. The third-order valence-electron chi connectivity index (χ3n) is 4.72. The second-order valence-corrected chi connectivity index (χ2v) is 6.98. The molecule has 0 radical (unpaired) electrons. The third-order valence-corrected chi connectivity index (χ3v) is 4.72. The fraction of sp³-hybridized carbons (Fsp3) is 0.0526. The summed E-state index contributed by atoms with van der Waals surface area (Å²) in [5, 5.41) is 55.9. The number of fused-ring (bicyclic) bond motifs is 2. The third kappa shape index (κ3) is 4.51. The summed E-state index contributed by atoms with van der Waals surface area (Å²) in [5.74, 6) is -3.11. The van der Waals surface area contributed by atoms with Gasteiger partial charge in [0.25, 0.3) is 23.2 Å². The van der Waals surface area contributed by atoms with E-state index in [2.05, 4.69) is 30.4 Å². The predicted octanol–water partition coefficient (Wildman–Crippen LogP) is 4.19. The number of aromatic amines is 2. The van der Waals surface area contributed by atoms with E-state index in [4.69, 9.17) is 0 Å². The van der Waals surface area contributed by atoms with Gasteiger partial charge in [-0.15, -0.1) is 20.5 Å². The first-order valence-electron chi connectivity index (χ1n) is 9.51. The molecule has 0 unspecified atom stereocenters. The molecule has 0 atom stereocenters. The first-order chi connectivity index (χ1) is 16.6. The van der Waals surface area contributed by atoms with E-state index in [1.165, 1.54) is 24.3 Å².